The molecule has 2 bridgehead atoms. The van der Waals surface area contributed by atoms with Gasteiger partial charge in [0.25, 0.3) is 0 Å². The SMILES string of the molecule is Cc1nc(C2(O)CC3CCC(C2)S3=O)ccc1F. The second kappa shape index (κ2) is 4.10. The van der Waals surface area contributed by atoms with Crippen molar-refractivity contribution in [2.24, 2.45) is 0 Å². The fourth-order valence-corrected chi connectivity index (χ4v) is 5.25. The quantitative estimate of drug-likeness (QED) is 0.845. The first-order valence-electron chi connectivity index (χ1n) is 6.25. The molecule has 2 saturated heterocycles. The Hall–Kier alpha value is -0.810. The molecule has 0 aromatic carbocycles. The van der Waals surface area contributed by atoms with E-state index in [0.717, 1.165) is 12.8 Å². The summed E-state index contributed by atoms with van der Waals surface area (Å²) >= 11 is 0. The highest BCUT2D eigenvalue weighted by atomic mass is 32.2. The van der Waals surface area contributed by atoms with Crippen molar-refractivity contribution in [2.75, 3.05) is 0 Å². The monoisotopic (exact) mass is 269 g/mol. The zero-order valence-corrected chi connectivity index (χ0v) is 11.0. The van der Waals surface area contributed by atoms with Crippen molar-refractivity contribution in [2.45, 2.75) is 48.7 Å². The summed E-state index contributed by atoms with van der Waals surface area (Å²) in [5.41, 5.74) is -0.201. The Bertz CT molecular complexity index is 504. The Morgan fingerprint density at radius 1 is 1.39 bits per heavy atom. The molecule has 18 heavy (non-hydrogen) atoms. The summed E-state index contributed by atoms with van der Waals surface area (Å²) in [7, 11) is -0.811. The Morgan fingerprint density at radius 2 is 2.00 bits per heavy atom. The molecule has 2 aliphatic rings. The van der Waals surface area contributed by atoms with E-state index in [1.807, 2.05) is 0 Å². The van der Waals surface area contributed by atoms with E-state index in [4.69, 9.17) is 0 Å². The molecule has 0 spiro atoms. The van der Waals surface area contributed by atoms with Crippen LogP contribution in [-0.4, -0.2) is 24.8 Å². The van der Waals surface area contributed by atoms with Gasteiger partial charge in [-0.3, -0.25) is 9.19 Å². The second-order valence-electron chi connectivity index (χ2n) is 5.35. The van der Waals surface area contributed by atoms with Crippen LogP contribution in [0, 0.1) is 12.7 Å². The van der Waals surface area contributed by atoms with Gasteiger partial charge in [-0.05, 0) is 44.7 Å². The van der Waals surface area contributed by atoms with E-state index in [-0.39, 0.29) is 16.3 Å². The molecule has 0 radical (unpaired) electrons. The molecule has 3 nitrogen and oxygen atoms in total. The van der Waals surface area contributed by atoms with Crippen molar-refractivity contribution in [3.8, 4) is 0 Å². The fourth-order valence-electron chi connectivity index (χ4n) is 3.09. The van der Waals surface area contributed by atoms with Crippen molar-refractivity contribution in [1.82, 2.24) is 4.98 Å². The molecule has 3 rings (SSSR count). The van der Waals surface area contributed by atoms with Gasteiger partial charge in [-0.25, -0.2) is 4.39 Å². The highest BCUT2D eigenvalue weighted by Gasteiger charge is 2.49. The predicted molar refractivity (Wildman–Crippen MR) is 67.0 cm³/mol. The molecule has 2 aliphatic heterocycles. The minimum Gasteiger partial charge on any atom is -0.383 e. The van der Waals surface area contributed by atoms with Gasteiger partial charge in [-0.15, -0.1) is 0 Å². The smallest absolute Gasteiger partial charge is 0.144 e. The van der Waals surface area contributed by atoms with E-state index >= 15 is 0 Å². The normalized spacial score (nSPS) is 38.9. The lowest BCUT2D eigenvalue weighted by Gasteiger charge is -2.35. The molecule has 98 valence electrons. The second-order valence-corrected chi connectivity index (χ2v) is 7.34. The van der Waals surface area contributed by atoms with Gasteiger partial charge < -0.3 is 5.11 Å². The van der Waals surface area contributed by atoms with E-state index in [0.29, 0.717) is 24.2 Å². The lowest BCUT2D eigenvalue weighted by Crippen LogP contribution is -2.41. The Labute approximate surface area is 108 Å². The molecule has 1 N–H and O–H groups in total. The van der Waals surface area contributed by atoms with Crippen molar-refractivity contribution < 1.29 is 13.7 Å². The van der Waals surface area contributed by atoms with E-state index in [2.05, 4.69) is 4.98 Å². The van der Waals surface area contributed by atoms with E-state index < -0.39 is 16.4 Å². The maximum atomic E-state index is 13.2. The molecular weight excluding hydrogens is 253 g/mol. The number of fused-ring (bicyclic) bond motifs is 2. The first-order valence-corrected chi connectivity index (χ1v) is 7.52. The lowest BCUT2D eigenvalue weighted by atomic mass is 9.89. The van der Waals surface area contributed by atoms with E-state index in [1.165, 1.54) is 6.07 Å². The van der Waals surface area contributed by atoms with Gasteiger partial charge in [-0.1, -0.05) is 0 Å². The summed E-state index contributed by atoms with van der Waals surface area (Å²) in [4.78, 5) is 4.17. The minimum atomic E-state index is -1.03. The van der Waals surface area contributed by atoms with Gasteiger partial charge in [0, 0.05) is 21.3 Å². The Morgan fingerprint density at radius 3 is 2.56 bits per heavy atom. The van der Waals surface area contributed by atoms with Crippen molar-refractivity contribution in [3.05, 3.63) is 29.3 Å². The zero-order chi connectivity index (χ0) is 12.9. The standard InChI is InChI=1S/C13H16FNO2S/c1-8-11(14)4-5-12(15-8)13(16)6-9-2-3-10(7-13)18(9)17/h4-5,9-10,16H,2-3,6-7H2,1H3. The van der Waals surface area contributed by atoms with Crippen LogP contribution in [0.2, 0.25) is 0 Å². The number of nitrogens with zero attached hydrogens (tertiary/aromatic N) is 1. The van der Waals surface area contributed by atoms with Gasteiger partial charge in [0.05, 0.1) is 11.4 Å². The number of hydrogen-bond donors (Lipinski definition) is 1. The average Bonchev–Trinajstić information content (AvgIpc) is 2.57. The molecule has 3 heterocycles. The van der Waals surface area contributed by atoms with Crippen LogP contribution in [0.4, 0.5) is 4.39 Å². The van der Waals surface area contributed by atoms with Gasteiger partial charge in [-0.2, -0.15) is 0 Å². The largest absolute Gasteiger partial charge is 0.383 e. The molecule has 5 heteroatoms. The minimum absolute atomic E-state index is 0.0703. The Balaban J connectivity index is 1.96. The summed E-state index contributed by atoms with van der Waals surface area (Å²) < 4.78 is 25.2. The van der Waals surface area contributed by atoms with E-state index in [9.17, 15) is 13.7 Å². The molecule has 2 unspecified atom stereocenters. The van der Waals surface area contributed by atoms with Crippen LogP contribution in [0.1, 0.15) is 37.1 Å². The first-order chi connectivity index (χ1) is 8.49. The summed E-state index contributed by atoms with van der Waals surface area (Å²) in [6.45, 7) is 1.60. The van der Waals surface area contributed by atoms with Crippen LogP contribution >= 0.6 is 0 Å². The number of rotatable bonds is 1. The molecule has 1 aromatic heterocycles. The molecule has 2 atom stereocenters. The lowest BCUT2D eigenvalue weighted by molar-refractivity contribution is 0.0139. The summed E-state index contributed by atoms with van der Waals surface area (Å²) in [6.07, 6.45) is 2.79. The Kier molecular flexibility index (Phi) is 2.79. The highest BCUT2D eigenvalue weighted by molar-refractivity contribution is 7.86. The van der Waals surface area contributed by atoms with Crippen molar-refractivity contribution in [1.29, 1.82) is 0 Å². The third kappa shape index (κ3) is 1.80. The summed E-state index contributed by atoms with van der Waals surface area (Å²) in [5, 5.41) is 10.9. The van der Waals surface area contributed by atoms with Crippen LogP contribution in [0.25, 0.3) is 0 Å². The van der Waals surface area contributed by atoms with Gasteiger partial charge in [0.15, 0.2) is 0 Å². The van der Waals surface area contributed by atoms with Crippen LogP contribution in [-0.2, 0) is 16.4 Å². The summed E-state index contributed by atoms with van der Waals surface area (Å²) in [6, 6.07) is 2.90. The molecule has 2 fully saturated rings. The van der Waals surface area contributed by atoms with Gasteiger partial charge in [0.1, 0.15) is 11.4 Å². The number of aryl methyl sites for hydroxylation is 1. The fraction of sp³-hybridized carbons (Fsp3) is 0.615. The number of halogens is 1. The number of aliphatic hydroxyl groups is 1. The van der Waals surface area contributed by atoms with Gasteiger partial charge >= 0.3 is 0 Å². The maximum Gasteiger partial charge on any atom is 0.144 e. The van der Waals surface area contributed by atoms with Gasteiger partial charge in [0.2, 0.25) is 0 Å². The predicted octanol–water partition coefficient (Wildman–Crippen LogP) is 1.79. The zero-order valence-electron chi connectivity index (χ0n) is 10.2. The average molecular weight is 269 g/mol. The molecular formula is C13H16FNO2S. The van der Waals surface area contributed by atoms with E-state index in [1.54, 1.807) is 13.0 Å². The van der Waals surface area contributed by atoms with Crippen LogP contribution in [0.5, 0.6) is 0 Å². The van der Waals surface area contributed by atoms with Crippen LogP contribution in [0.3, 0.4) is 0 Å². The molecule has 0 aliphatic carbocycles. The highest BCUT2D eigenvalue weighted by Crippen LogP contribution is 2.45. The molecule has 0 amide bonds. The summed E-state index contributed by atoms with van der Waals surface area (Å²) in [5.74, 6) is -0.357. The van der Waals surface area contributed by atoms with Crippen molar-refractivity contribution >= 4 is 10.8 Å². The van der Waals surface area contributed by atoms with Crippen molar-refractivity contribution in [3.63, 3.8) is 0 Å². The molecule has 0 saturated carbocycles. The number of hydrogen-bond acceptors (Lipinski definition) is 3. The van der Waals surface area contributed by atoms with Crippen LogP contribution in [0.15, 0.2) is 12.1 Å². The maximum absolute atomic E-state index is 13.2. The number of pyridine rings is 1. The topological polar surface area (TPSA) is 50.2 Å². The van der Waals surface area contributed by atoms with Crippen LogP contribution < -0.4 is 0 Å². The first kappa shape index (κ1) is 12.2. The third-order valence-corrected chi connectivity index (χ3v) is 6.22. The molecule has 1 aromatic rings. The third-order valence-electron chi connectivity index (χ3n) is 4.10. The number of aromatic nitrogens is 1.